The number of allylic oxidation sites excluding steroid dienone is 2. The Bertz CT molecular complexity index is 311. The van der Waals surface area contributed by atoms with Gasteiger partial charge in [0.2, 0.25) is 0 Å². The topological polar surface area (TPSA) is 12.0 Å². The second kappa shape index (κ2) is 6.49. The molecule has 0 heterocycles. The summed E-state index contributed by atoms with van der Waals surface area (Å²) in [6.45, 7) is 8.68. The van der Waals surface area contributed by atoms with Crippen molar-refractivity contribution in [3.8, 4) is 0 Å². The molecule has 1 aromatic carbocycles. The van der Waals surface area contributed by atoms with Crippen LogP contribution in [0.3, 0.4) is 0 Å². The van der Waals surface area contributed by atoms with Crippen molar-refractivity contribution >= 4 is 0 Å². The number of hydrogen-bond acceptors (Lipinski definition) is 1. The van der Waals surface area contributed by atoms with Crippen molar-refractivity contribution in [1.82, 2.24) is 5.32 Å². The summed E-state index contributed by atoms with van der Waals surface area (Å²) >= 11 is 0. The summed E-state index contributed by atoms with van der Waals surface area (Å²) in [5.74, 6) is 0. The summed E-state index contributed by atoms with van der Waals surface area (Å²) in [5.41, 5.74) is 1.69. The summed E-state index contributed by atoms with van der Waals surface area (Å²) in [4.78, 5) is 0. The standard InChI is InChI=1S/C15H23N/c1-4-5-11-15(2,3)13-16-12-14-9-7-6-8-10-14/h4-10,16H,11-13H2,1-3H3/b5-4+. The first-order valence-electron chi connectivity index (χ1n) is 6.00. The van der Waals surface area contributed by atoms with Crippen LogP contribution >= 0.6 is 0 Å². The molecule has 0 radical (unpaired) electrons. The Balaban J connectivity index is 2.29. The van der Waals surface area contributed by atoms with Crippen molar-refractivity contribution in [2.75, 3.05) is 6.54 Å². The first-order chi connectivity index (χ1) is 7.64. The zero-order valence-electron chi connectivity index (χ0n) is 10.7. The molecule has 0 aromatic heterocycles. The zero-order chi connectivity index (χ0) is 11.9. The molecule has 0 saturated carbocycles. The Morgan fingerprint density at radius 1 is 1.19 bits per heavy atom. The van der Waals surface area contributed by atoms with Crippen LogP contribution in [0.2, 0.25) is 0 Å². The van der Waals surface area contributed by atoms with Gasteiger partial charge in [0, 0.05) is 13.1 Å². The Labute approximate surface area is 99.6 Å². The van der Waals surface area contributed by atoms with Gasteiger partial charge in [0.15, 0.2) is 0 Å². The third-order valence-corrected chi connectivity index (χ3v) is 2.68. The maximum Gasteiger partial charge on any atom is 0.0205 e. The Morgan fingerprint density at radius 3 is 2.50 bits per heavy atom. The van der Waals surface area contributed by atoms with Gasteiger partial charge in [-0.1, -0.05) is 56.3 Å². The molecular weight excluding hydrogens is 194 g/mol. The smallest absolute Gasteiger partial charge is 0.0205 e. The number of rotatable bonds is 6. The maximum atomic E-state index is 3.52. The van der Waals surface area contributed by atoms with Crippen LogP contribution in [0.15, 0.2) is 42.5 Å². The fourth-order valence-corrected chi connectivity index (χ4v) is 1.65. The molecule has 1 aromatic rings. The van der Waals surface area contributed by atoms with E-state index in [1.54, 1.807) is 0 Å². The molecule has 1 nitrogen and oxygen atoms in total. The summed E-state index contributed by atoms with van der Waals surface area (Å²) in [5, 5.41) is 3.52. The van der Waals surface area contributed by atoms with Crippen molar-refractivity contribution in [2.45, 2.75) is 33.7 Å². The molecule has 1 N–H and O–H groups in total. The van der Waals surface area contributed by atoms with E-state index in [9.17, 15) is 0 Å². The van der Waals surface area contributed by atoms with Crippen LogP contribution in [0.25, 0.3) is 0 Å². The Kier molecular flexibility index (Phi) is 5.27. The molecule has 0 fully saturated rings. The predicted molar refractivity (Wildman–Crippen MR) is 71.4 cm³/mol. The molecule has 0 atom stereocenters. The first kappa shape index (κ1) is 13.0. The average Bonchev–Trinajstić information content (AvgIpc) is 2.28. The van der Waals surface area contributed by atoms with E-state index in [2.05, 4.69) is 68.6 Å². The van der Waals surface area contributed by atoms with Gasteiger partial charge in [0.05, 0.1) is 0 Å². The fraction of sp³-hybridized carbons (Fsp3) is 0.467. The van der Waals surface area contributed by atoms with Crippen molar-refractivity contribution in [2.24, 2.45) is 5.41 Å². The quantitative estimate of drug-likeness (QED) is 0.715. The maximum absolute atomic E-state index is 3.52. The van der Waals surface area contributed by atoms with E-state index in [-0.39, 0.29) is 0 Å². The van der Waals surface area contributed by atoms with Crippen molar-refractivity contribution in [3.63, 3.8) is 0 Å². The molecule has 0 bridgehead atoms. The van der Waals surface area contributed by atoms with E-state index in [0.717, 1.165) is 19.5 Å². The Morgan fingerprint density at radius 2 is 1.88 bits per heavy atom. The minimum Gasteiger partial charge on any atom is -0.312 e. The zero-order valence-corrected chi connectivity index (χ0v) is 10.7. The number of benzene rings is 1. The van der Waals surface area contributed by atoms with Crippen LogP contribution < -0.4 is 5.32 Å². The van der Waals surface area contributed by atoms with Gasteiger partial charge in [-0.15, -0.1) is 0 Å². The Hall–Kier alpha value is -1.08. The third-order valence-electron chi connectivity index (χ3n) is 2.68. The van der Waals surface area contributed by atoms with Crippen molar-refractivity contribution in [3.05, 3.63) is 48.0 Å². The van der Waals surface area contributed by atoms with Gasteiger partial charge in [-0.3, -0.25) is 0 Å². The summed E-state index contributed by atoms with van der Waals surface area (Å²) in [7, 11) is 0. The minimum absolute atomic E-state index is 0.335. The molecule has 0 saturated heterocycles. The SMILES string of the molecule is C/C=C/CC(C)(C)CNCc1ccccc1. The van der Waals surface area contributed by atoms with E-state index < -0.39 is 0 Å². The number of nitrogens with one attached hydrogen (secondary N) is 1. The minimum atomic E-state index is 0.335. The molecule has 1 heteroatoms. The van der Waals surface area contributed by atoms with E-state index in [0.29, 0.717) is 5.41 Å². The van der Waals surface area contributed by atoms with E-state index >= 15 is 0 Å². The normalized spacial score (nSPS) is 12.2. The van der Waals surface area contributed by atoms with E-state index in [1.807, 2.05) is 0 Å². The number of hydrogen-bond donors (Lipinski definition) is 1. The first-order valence-corrected chi connectivity index (χ1v) is 6.00. The highest BCUT2D eigenvalue weighted by atomic mass is 14.9. The van der Waals surface area contributed by atoms with Crippen molar-refractivity contribution in [1.29, 1.82) is 0 Å². The molecule has 0 aliphatic rings. The van der Waals surface area contributed by atoms with Crippen LogP contribution in [-0.4, -0.2) is 6.54 Å². The van der Waals surface area contributed by atoms with Crippen LogP contribution in [0, 0.1) is 5.41 Å². The van der Waals surface area contributed by atoms with E-state index in [4.69, 9.17) is 0 Å². The third kappa shape index (κ3) is 5.13. The summed E-state index contributed by atoms with van der Waals surface area (Å²) in [6.07, 6.45) is 5.49. The van der Waals surface area contributed by atoms with Crippen LogP contribution in [0.5, 0.6) is 0 Å². The van der Waals surface area contributed by atoms with Gasteiger partial charge in [-0.05, 0) is 24.3 Å². The highest BCUT2D eigenvalue weighted by Crippen LogP contribution is 2.19. The van der Waals surface area contributed by atoms with Crippen LogP contribution in [0.4, 0.5) is 0 Å². The molecule has 16 heavy (non-hydrogen) atoms. The molecule has 88 valence electrons. The molecule has 1 rings (SSSR count). The lowest BCUT2D eigenvalue weighted by Gasteiger charge is -2.23. The van der Waals surface area contributed by atoms with E-state index in [1.165, 1.54) is 5.56 Å². The lowest BCUT2D eigenvalue weighted by Crippen LogP contribution is -2.28. The fourth-order valence-electron chi connectivity index (χ4n) is 1.65. The summed E-state index contributed by atoms with van der Waals surface area (Å²) in [6, 6.07) is 10.5. The highest BCUT2D eigenvalue weighted by molar-refractivity contribution is 5.14. The molecule has 0 amide bonds. The van der Waals surface area contributed by atoms with Gasteiger partial charge in [0.1, 0.15) is 0 Å². The lowest BCUT2D eigenvalue weighted by atomic mass is 9.89. The van der Waals surface area contributed by atoms with Gasteiger partial charge < -0.3 is 5.32 Å². The molecule has 0 aliphatic carbocycles. The molecule has 0 spiro atoms. The highest BCUT2D eigenvalue weighted by Gasteiger charge is 2.14. The van der Waals surface area contributed by atoms with Gasteiger partial charge in [-0.25, -0.2) is 0 Å². The van der Waals surface area contributed by atoms with Crippen LogP contribution in [-0.2, 0) is 6.54 Å². The van der Waals surface area contributed by atoms with Gasteiger partial charge in [-0.2, -0.15) is 0 Å². The van der Waals surface area contributed by atoms with Crippen LogP contribution in [0.1, 0.15) is 32.8 Å². The predicted octanol–water partition coefficient (Wildman–Crippen LogP) is 3.77. The largest absolute Gasteiger partial charge is 0.312 e. The second-order valence-corrected chi connectivity index (χ2v) is 5.03. The van der Waals surface area contributed by atoms with Gasteiger partial charge >= 0.3 is 0 Å². The average molecular weight is 217 g/mol. The molecule has 0 aliphatic heterocycles. The molecule has 0 unspecified atom stereocenters. The second-order valence-electron chi connectivity index (χ2n) is 5.03. The molecular formula is C15H23N. The monoisotopic (exact) mass is 217 g/mol. The van der Waals surface area contributed by atoms with Crippen molar-refractivity contribution < 1.29 is 0 Å². The summed E-state index contributed by atoms with van der Waals surface area (Å²) < 4.78 is 0. The van der Waals surface area contributed by atoms with Gasteiger partial charge in [0.25, 0.3) is 0 Å². The lowest BCUT2D eigenvalue weighted by molar-refractivity contribution is 0.344.